The van der Waals surface area contributed by atoms with Gasteiger partial charge in [-0.15, -0.1) is 0 Å². The van der Waals surface area contributed by atoms with Gasteiger partial charge in [-0.25, -0.2) is 4.79 Å². The molecule has 22 heavy (non-hydrogen) atoms. The van der Waals surface area contributed by atoms with Crippen LogP contribution >= 0.6 is 0 Å². The molecule has 0 saturated heterocycles. The molecule has 0 aromatic heterocycles. The summed E-state index contributed by atoms with van der Waals surface area (Å²) < 4.78 is 5.20. The number of para-hydroxylation sites is 1. The van der Waals surface area contributed by atoms with Crippen LogP contribution in [-0.4, -0.2) is 18.3 Å². The van der Waals surface area contributed by atoms with Gasteiger partial charge in [0.1, 0.15) is 12.0 Å². The number of esters is 1. The number of fused-ring (bicyclic) bond motifs is 1. The first-order chi connectivity index (χ1) is 10.8. The first-order valence-corrected chi connectivity index (χ1v) is 7.11. The van der Waals surface area contributed by atoms with Crippen molar-refractivity contribution in [2.45, 2.75) is 5.41 Å². The van der Waals surface area contributed by atoms with Crippen molar-refractivity contribution in [3.8, 4) is 0 Å². The third-order valence-electron chi connectivity index (χ3n) is 4.16. The summed E-state index contributed by atoms with van der Waals surface area (Å²) in [6.07, 6.45) is 9.20. The zero-order chi connectivity index (χ0) is 15.2. The molecule has 1 spiro atoms. The van der Waals surface area contributed by atoms with Crippen molar-refractivity contribution in [3.63, 3.8) is 0 Å². The number of carbonyl (C=O) groups is 1. The molecule has 3 aliphatic rings. The third kappa shape index (κ3) is 1.52. The van der Waals surface area contributed by atoms with Crippen LogP contribution in [0.3, 0.4) is 0 Å². The summed E-state index contributed by atoms with van der Waals surface area (Å²) in [7, 11) is 0. The molecule has 0 bridgehead atoms. The average Bonchev–Trinajstić information content (AvgIpc) is 3.12. The maximum atomic E-state index is 12.3. The van der Waals surface area contributed by atoms with Crippen LogP contribution < -0.4 is 5.32 Å². The molecule has 1 aromatic carbocycles. The Morgan fingerprint density at radius 3 is 3.09 bits per heavy atom. The minimum atomic E-state index is -0.492. The van der Waals surface area contributed by atoms with Crippen LogP contribution in [0.25, 0.3) is 0 Å². The molecule has 1 aliphatic carbocycles. The van der Waals surface area contributed by atoms with Gasteiger partial charge < -0.3 is 10.1 Å². The Hall–Kier alpha value is -2.88. The van der Waals surface area contributed by atoms with E-state index in [4.69, 9.17) is 9.73 Å². The zero-order valence-corrected chi connectivity index (χ0v) is 11.9. The summed E-state index contributed by atoms with van der Waals surface area (Å²) in [5, 5.41) is 3.25. The van der Waals surface area contributed by atoms with Crippen molar-refractivity contribution in [1.29, 1.82) is 0 Å². The number of rotatable bonds is 3. The van der Waals surface area contributed by atoms with Crippen LogP contribution in [0.5, 0.6) is 0 Å². The minimum Gasteiger partial charge on any atom is -0.458 e. The number of allylic oxidation sites excluding steroid dienone is 3. The highest BCUT2D eigenvalue weighted by Gasteiger charge is 2.50. The normalized spacial score (nSPS) is 23.4. The lowest BCUT2D eigenvalue weighted by atomic mass is 9.71. The number of nitrogens with one attached hydrogen (secondary N) is 1. The smallest absolute Gasteiger partial charge is 0.340 e. The maximum Gasteiger partial charge on any atom is 0.340 e. The van der Waals surface area contributed by atoms with Gasteiger partial charge in [-0.05, 0) is 36.1 Å². The minimum absolute atomic E-state index is 0.189. The maximum absolute atomic E-state index is 12.3. The van der Waals surface area contributed by atoms with Crippen molar-refractivity contribution in [2.24, 2.45) is 4.99 Å². The number of benzene rings is 1. The van der Waals surface area contributed by atoms with E-state index >= 15 is 0 Å². The predicted molar refractivity (Wildman–Crippen MR) is 84.8 cm³/mol. The molecule has 108 valence electrons. The van der Waals surface area contributed by atoms with Crippen molar-refractivity contribution in [3.05, 3.63) is 78.2 Å². The Balaban J connectivity index is 1.86. The van der Waals surface area contributed by atoms with Gasteiger partial charge in [0.05, 0.1) is 17.0 Å². The number of hydrogen-bond donors (Lipinski definition) is 1. The van der Waals surface area contributed by atoms with Gasteiger partial charge in [0, 0.05) is 5.70 Å². The van der Waals surface area contributed by atoms with Crippen LogP contribution in [0, 0.1) is 0 Å². The molecule has 0 fully saturated rings. The molecule has 4 nitrogen and oxygen atoms in total. The van der Waals surface area contributed by atoms with Crippen molar-refractivity contribution in [2.75, 3.05) is 6.61 Å². The zero-order valence-electron chi connectivity index (χ0n) is 11.9. The molecular formula is C18H14N2O2. The van der Waals surface area contributed by atoms with E-state index < -0.39 is 5.41 Å². The fourth-order valence-electron chi connectivity index (χ4n) is 3.22. The lowest BCUT2D eigenvalue weighted by molar-refractivity contribution is -0.137. The molecule has 1 unspecified atom stereocenters. The molecule has 1 aromatic rings. The lowest BCUT2D eigenvalue weighted by Crippen LogP contribution is -2.39. The molecule has 4 heteroatoms. The van der Waals surface area contributed by atoms with Crippen LogP contribution in [0.1, 0.15) is 5.56 Å². The molecule has 0 amide bonds. The number of carbonyl (C=O) groups excluding carboxylic acids is 1. The van der Waals surface area contributed by atoms with Gasteiger partial charge in [0.25, 0.3) is 0 Å². The Labute approximate surface area is 128 Å². The highest BCUT2D eigenvalue weighted by molar-refractivity contribution is 6.29. The number of hydrogen-bond acceptors (Lipinski definition) is 4. The van der Waals surface area contributed by atoms with E-state index in [1.165, 1.54) is 0 Å². The van der Waals surface area contributed by atoms with E-state index in [0.717, 1.165) is 22.7 Å². The fourth-order valence-corrected chi connectivity index (χ4v) is 3.22. The third-order valence-corrected chi connectivity index (χ3v) is 4.16. The van der Waals surface area contributed by atoms with Crippen LogP contribution in [0.15, 0.2) is 77.6 Å². The van der Waals surface area contributed by atoms with Gasteiger partial charge in [0.15, 0.2) is 0 Å². The lowest BCUT2D eigenvalue weighted by Gasteiger charge is -2.30. The number of ether oxygens (including phenoxy) is 1. The van der Waals surface area contributed by atoms with E-state index in [0.29, 0.717) is 5.57 Å². The SMILES string of the molecule is C=CCOC(=O)C1=CC=C2NC=CC23C1=Nc1ccccc13. The van der Waals surface area contributed by atoms with Crippen molar-refractivity contribution >= 4 is 17.4 Å². The molecular weight excluding hydrogens is 276 g/mol. The molecule has 0 saturated carbocycles. The summed E-state index contributed by atoms with van der Waals surface area (Å²) in [5.74, 6) is -0.374. The molecule has 0 radical (unpaired) electrons. The predicted octanol–water partition coefficient (Wildman–Crippen LogP) is 2.68. The van der Waals surface area contributed by atoms with E-state index in [9.17, 15) is 4.79 Å². The second-order valence-electron chi connectivity index (χ2n) is 5.31. The summed E-state index contributed by atoms with van der Waals surface area (Å²) in [5.41, 5.74) is 3.71. The summed E-state index contributed by atoms with van der Waals surface area (Å²) in [4.78, 5) is 17.1. The second kappa shape index (κ2) is 4.56. The average molecular weight is 290 g/mol. The van der Waals surface area contributed by atoms with E-state index in [1.807, 2.05) is 30.5 Å². The topological polar surface area (TPSA) is 50.7 Å². The van der Waals surface area contributed by atoms with E-state index in [-0.39, 0.29) is 12.6 Å². The Kier molecular flexibility index (Phi) is 2.66. The van der Waals surface area contributed by atoms with Gasteiger partial charge in [0.2, 0.25) is 0 Å². The van der Waals surface area contributed by atoms with Gasteiger partial charge in [-0.1, -0.05) is 30.9 Å². The first-order valence-electron chi connectivity index (χ1n) is 7.11. The highest BCUT2D eigenvalue weighted by Crippen LogP contribution is 2.50. The Morgan fingerprint density at radius 2 is 2.23 bits per heavy atom. The number of nitrogens with zero attached hydrogens (tertiary/aromatic N) is 1. The standard InChI is InChI=1S/C18H14N2O2/c1-2-11-22-17(21)12-7-8-15-18(9-10-19-15)13-5-3-4-6-14(13)20-16(12)18/h2-10,19H,1,11H2. The van der Waals surface area contributed by atoms with Crippen LogP contribution in [0.4, 0.5) is 5.69 Å². The molecule has 1 atom stereocenters. The highest BCUT2D eigenvalue weighted by atomic mass is 16.5. The van der Waals surface area contributed by atoms with Crippen molar-refractivity contribution in [1.82, 2.24) is 5.32 Å². The second-order valence-corrected chi connectivity index (χ2v) is 5.31. The van der Waals surface area contributed by atoms with Crippen molar-refractivity contribution < 1.29 is 9.53 Å². The summed E-state index contributed by atoms with van der Waals surface area (Å²) >= 11 is 0. The van der Waals surface area contributed by atoms with E-state index in [2.05, 4.69) is 24.0 Å². The molecule has 2 aliphatic heterocycles. The van der Waals surface area contributed by atoms with Gasteiger partial charge in [-0.3, -0.25) is 4.99 Å². The molecule has 2 heterocycles. The van der Waals surface area contributed by atoms with Crippen LogP contribution in [-0.2, 0) is 14.9 Å². The largest absolute Gasteiger partial charge is 0.458 e. The Morgan fingerprint density at radius 1 is 1.36 bits per heavy atom. The summed E-state index contributed by atoms with van der Waals surface area (Å²) in [6, 6.07) is 7.95. The number of aliphatic imine (C=N–C) groups is 1. The quantitative estimate of drug-likeness (QED) is 0.688. The van der Waals surface area contributed by atoms with Gasteiger partial charge >= 0.3 is 5.97 Å². The van der Waals surface area contributed by atoms with Gasteiger partial charge in [-0.2, -0.15) is 0 Å². The van der Waals surface area contributed by atoms with Crippen LogP contribution in [0.2, 0.25) is 0 Å². The molecule has 4 rings (SSSR count). The Bertz CT molecular complexity index is 814. The summed E-state index contributed by atoms with van der Waals surface area (Å²) in [6.45, 7) is 3.76. The first kappa shape index (κ1) is 12.8. The van der Waals surface area contributed by atoms with E-state index in [1.54, 1.807) is 12.2 Å². The fraction of sp³-hybridized carbons (Fsp3) is 0.111. The molecule has 1 N–H and O–H groups in total. The monoisotopic (exact) mass is 290 g/mol.